The van der Waals surface area contributed by atoms with Crippen molar-refractivity contribution in [2.75, 3.05) is 31.2 Å². The molecule has 2 aromatic carbocycles. The van der Waals surface area contributed by atoms with Crippen LogP contribution >= 0.6 is 11.6 Å². The standard InChI is InChI=1S/C24H23ClN4O3/c25-20-3-1-2-19(14-20)21-15-22-28(23(30)8-9-29(22)26-21)16-17-4-6-18(7-5-17)24(31)27-10-12-32-13-11-27/h1-7,14-15H,8-13,16H2. The van der Waals surface area contributed by atoms with Gasteiger partial charge in [0.05, 0.1) is 32.0 Å². The van der Waals surface area contributed by atoms with Crippen LogP contribution in [-0.2, 0) is 22.6 Å². The number of ether oxygens (including phenoxy) is 1. The summed E-state index contributed by atoms with van der Waals surface area (Å²) in [6.07, 6.45) is 0.400. The zero-order valence-corrected chi connectivity index (χ0v) is 18.3. The van der Waals surface area contributed by atoms with Crippen molar-refractivity contribution in [1.29, 1.82) is 0 Å². The molecule has 0 spiro atoms. The van der Waals surface area contributed by atoms with E-state index in [1.807, 2.05) is 64.2 Å². The second kappa shape index (κ2) is 8.76. The molecule has 0 bridgehead atoms. The normalized spacial score (nSPS) is 16.2. The van der Waals surface area contributed by atoms with Gasteiger partial charge in [-0.15, -0.1) is 0 Å². The van der Waals surface area contributed by atoms with Gasteiger partial charge in [-0.3, -0.25) is 14.5 Å². The lowest BCUT2D eigenvalue weighted by Crippen LogP contribution is -2.40. The fourth-order valence-corrected chi connectivity index (χ4v) is 4.29. The van der Waals surface area contributed by atoms with Crippen LogP contribution in [0.1, 0.15) is 22.3 Å². The highest BCUT2D eigenvalue weighted by molar-refractivity contribution is 6.30. The summed E-state index contributed by atoms with van der Waals surface area (Å²) < 4.78 is 7.19. The summed E-state index contributed by atoms with van der Waals surface area (Å²) >= 11 is 6.13. The highest BCUT2D eigenvalue weighted by Gasteiger charge is 2.27. The number of nitrogens with zero attached hydrogens (tertiary/aromatic N) is 4. The molecule has 2 aliphatic heterocycles. The Balaban J connectivity index is 1.35. The van der Waals surface area contributed by atoms with Crippen molar-refractivity contribution in [3.63, 3.8) is 0 Å². The zero-order chi connectivity index (χ0) is 22.1. The first-order chi connectivity index (χ1) is 15.6. The van der Waals surface area contributed by atoms with Crippen LogP contribution in [0, 0.1) is 0 Å². The van der Waals surface area contributed by atoms with Crippen LogP contribution in [0.2, 0.25) is 5.02 Å². The van der Waals surface area contributed by atoms with Gasteiger partial charge in [0.1, 0.15) is 5.82 Å². The molecule has 3 heterocycles. The van der Waals surface area contributed by atoms with E-state index in [9.17, 15) is 9.59 Å². The van der Waals surface area contributed by atoms with Crippen molar-refractivity contribution >= 4 is 29.2 Å². The topological polar surface area (TPSA) is 67.7 Å². The van der Waals surface area contributed by atoms with Crippen LogP contribution in [0.4, 0.5) is 5.82 Å². The van der Waals surface area contributed by atoms with Gasteiger partial charge in [0.2, 0.25) is 5.91 Å². The van der Waals surface area contributed by atoms with E-state index in [-0.39, 0.29) is 11.8 Å². The number of hydrogen-bond acceptors (Lipinski definition) is 4. The molecular weight excluding hydrogens is 428 g/mol. The molecule has 1 aromatic heterocycles. The Hall–Kier alpha value is -3.16. The number of hydrogen-bond donors (Lipinski definition) is 0. The summed E-state index contributed by atoms with van der Waals surface area (Å²) in [6, 6.07) is 16.9. The minimum atomic E-state index is 0.0122. The minimum Gasteiger partial charge on any atom is -0.378 e. The van der Waals surface area contributed by atoms with Crippen LogP contribution < -0.4 is 4.90 Å². The van der Waals surface area contributed by atoms with E-state index in [1.165, 1.54) is 0 Å². The molecular formula is C24H23ClN4O3. The number of amides is 2. The second-order valence-corrected chi connectivity index (χ2v) is 8.39. The molecule has 8 heteroatoms. The summed E-state index contributed by atoms with van der Waals surface area (Å²) in [5.41, 5.74) is 3.30. The van der Waals surface area contributed by atoms with E-state index in [4.69, 9.17) is 16.3 Å². The second-order valence-electron chi connectivity index (χ2n) is 7.95. The maximum Gasteiger partial charge on any atom is 0.254 e. The fraction of sp³-hybridized carbons (Fsp3) is 0.292. The van der Waals surface area contributed by atoms with Crippen LogP contribution in [0.25, 0.3) is 11.3 Å². The molecule has 164 valence electrons. The molecule has 0 saturated carbocycles. The highest BCUT2D eigenvalue weighted by Crippen LogP contribution is 2.30. The third-order valence-electron chi connectivity index (χ3n) is 5.83. The van der Waals surface area contributed by atoms with Gasteiger partial charge in [0.25, 0.3) is 5.91 Å². The van der Waals surface area contributed by atoms with E-state index >= 15 is 0 Å². The summed E-state index contributed by atoms with van der Waals surface area (Å²) in [7, 11) is 0. The number of carbonyl (C=O) groups excluding carboxylic acids is 2. The lowest BCUT2D eigenvalue weighted by atomic mass is 10.1. The Bertz CT molecular complexity index is 1150. The van der Waals surface area contributed by atoms with Crippen molar-refractivity contribution in [3.05, 3.63) is 70.7 Å². The van der Waals surface area contributed by atoms with Gasteiger partial charge in [-0.25, -0.2) is 4.68 Å². The van der Waals surface area contributed by atoms with E-state index in [1.54, 1.807) is 4.90 Å². The fourth-order valence-electron chi connectivity index (χ4n) is 4.10. The van der Waals surface area contributed by atoms with Gasteiger partial charge < -0.3 is 9.64 Å². The largest absolute Gasteiger partial charge is 0.378 e. The molecule has 5 rings (SSSR count). The number of fused-ring (bicyclic) bond motifs is 1. The average Bonchev–Trinajstić information content (AvgIpc) is 3.26. The Morgan fingerprint density at radius 3 is 2.56 bits per heavy atom. The maximum absolute atomic E-state index is 12.7. The molecule has 0 radical (unpaired) electrons. The molecule has 7 nitrogen and oxygen atoms in total. The van der Waals surface area contributed by atoms with Crippen molar-refractivity contribution in [2.24, 2.45) is 0 Å². The van der Waals surface area contributed by atoms with Crippen molar-refractivity contribution in [1.82, 2.24) is 14.7 Å². The Morgan fingerprint density at radius 2 is 1.81 bits per heavy atom. The maximum atomic E-state index is 12.7. The first kappa shape index (κ1) is 20.7. The SMILES string of the molecule is O=C(c1ccc(CN2C(=O)CCn3nc(-c4cccc(Cl)c4)cc32)cc1)N1CCOCC1. The van der Waals surface area contributed by atoms with Crippen molar-refractivity contribution < 1.29 is 14.3 Å². The molecule has 0 unspecified atom stereocenters. The number of rotatable bonds is 4. The third-order valence-corrected chi connectivity index (χ3v) is 6.07. The molecule has 2 aliphatic rings. The van der Waals surface area contributed by atoms with Crippen molar-refractivity contribution in [3.8, 4) is 11.3 Å². The minimum absolute atomic E-state index is 0.0122. The van der Waals surface area contributed by atoms with Gasteiger partial charge in [0, 0.05) is 41.7 Å². The summed E-state index contributed by atoms with van der Waals surface area (Å²) in [6.45, 7) is 3.35. The van der Waals surface area contributed by atoms with Gasteiger partial charge in [0.15, 0.2) is 0 Å². The Morgan fingerprint density at radius 1 is 1.03 bits per heavy atom. The van der Waals surface area contributed by atoms with E-state index in [0.717, 1.165) is 22.6 Å². The highest BCUT2D eigenvalue weighted by atomic mass is 35.5. The molecule has 0 aliphatic carbocycles. The van der Waals surface area contributed by atoms with Gasteiger partial charge in [-0.05, 0) is 29.8 Å². The van der Waals surface area contributed by atoms with E-state index < -0.39 is 0 Å². The van der Waals surface area contributed by atoms with Gasteiger partial charge in [-0.2, -0.15) is 5.10 Å². The number of benzene rings is 2. The monoisotopic (exact) mass is 450 g/mol. The van der Waals surface area contributed by atoms with Crippen molar-refractivity contribution in [2.45, 2.75) is 19.5 Å². The number of carbonyl (C=O) groups is 2. The summed E-state index contributed by atoms with van der Waals surface area (Å²) in [5.74, 6) is 0.839. The zero-order valence-electron chi connectivity index (χ0n) is 17.5. The molecule has 32 heavy (non-hydrogen) atoms. The van der Waals surface area contributed by atoms with Gasteiger partial charge in [-0.1, -0.05) is 35.9 Å². The third kappa shape index (κ3) is 4.13. The molecule has 1 fully saturated rings. The molecule has 2 amide bonds. The predicted molar refractivity (Wildman–Crippen MR) is 122 cm³/mol. The first-order valence-corrected chi connectivity index (χ1v) is 11.1. The predicted octanol–water partition coefficient (Wildman–Crippen LogP) is 3.61. The first-order valence-electron chi connectivity index (χ1n) is 10.7. The quantitative estimate of drug-likeness (QED) is 0.609. The van der Waals surface area contributed by atoms with Crippen LogP contribution in [0.3, 0.4) is 0 Å². The van der Waals surface area contributed by atoms with Crippen LogP contribution in [0.5, 0.6) is 0 Å². The molecule has 0 N–H and O–H groups in total. The van der Waals surface area contributed by atoms with E-state index in [0.29, 0.717) is 56.4 Å². The van der Waals surface area contributed by atoms with Gasteiger partial charge >= 0.3 is 0 Å². The van der Waals surface area contributed by atoms with Crippen LogP contribution in [-0.4, -0.2) is 52.8 Å². The smallest absolute Gasteiger partial charge is 0.254 e. The lowest BCUT2D eigenvalue weighted by Gasteiger charge is -2.28. The number of aryl methyl sites for hydroxylation is 1. The summed E-state index contributed by atoms with van der Waals surface area (Å²) in [4.78, 5) is 29.0. The Labute approximate surface area is 191 Å². The number of morpholine rings is 1. The summed E-state index contributed by atoms with van der Waals surface area (Å²) in [5, 5.41) is 5.33. The molecule has 0 atom stereocenters. The number of halogens is 1. The number of anilines is 1. The number of aromatic nitrogens is 2. The van der Waals surface area contributed by atoms with Crippen LogP contribution in [0.15, 0.2) is 54.6 Å². The average molecular weight is 451 g/mol. The van der Waals surface area contributed by atoms with E-state index in [2.05, 4.69) is 5.10 Å². The lowest BCUT2D eigenvalue weighted by molar-refractivity contribution is -0.119. The molecule has 1 saturated heterocycles. The molecule has 3 aromatic rings. The Kier molecular flexibility index (Phi) is 5.68.